The molecule has 0 aliphatic rings. The molecule has 0 saturated heterocycles. The van der Waals surface area contributed by atoms with Gasteiger partial charge in [-0.25, -0.2) is 8.42 Å². The van der Waals surface area contributed by atoms with Gasteiger partial charge in [0.1, 0.15) is 0 Å². The van der Waals surface area contributed by atoms with E-state index in [0.29, 0.717) is 16.6 Å². The smallest absolute Gasteiger partial charge is 0.261 e. The maximum atomic E-state index is 12.2. The van der Waals surface area contributed by atoms with E-state index in [2.05, 4.69) is 18.6 Å². The van der Waals surface area contributed by atoms with E-state index in [4.69, 9.17) is 11.6 Å². The predicted molar refractivity (Wildman–Crippen MR) is 87.4 cm³/mol. The molecule has 0 fully saturated rings. The monoisotopic (exact) mass is 323 g/mol. The minimum absolute atomic E-state index is 0.193. The standard InChI is InChI=1S/C16H18ClNO2S/c1-3-12(2)13-4-8-15(9-5-13)18-21(19,20)16-10-6-14(17)7-11-16/h4-12,18H,3H2,1-2H3/t12-/m1/s1. The zero-order valence-electron chi connectivity index (χ0n) is 12.0. The van der Waals surface area contributed by atoms with Crippen molar-refractivity contribution in [3.05, 3.63) is 59.1 Å². The van der Waals surface area contributed by atoms with Crippen LogP contribution in [0.2, 0.25) is 5.02 Å². The average Bonchev–Trinajstić information content (AvgIpc) is 2.47. The van der Waals surface area contributed by atoms with Crippen molar-refractivity contribution in [2.45, 2.75) is 31.1 Å². The Hall–Kier alpha value is -1.52. The zero-order valence-corrected chi connectivity index (χ0v) is 13.6. The van der Waals surface area contributed by atoms with Crippen LogP contribution in [0.4, 0.5) is 5.69 Å². The Labute approximate surface area is 131 Å². The highest BCUT2D eigenvalue weighted by molar-refractivity contribution is 7.92. The molecule has 2 aromatic carbocycles. The number of benzene rings is 2. The van der Waals surface area contributed by atoms with Crippen LogP contribution in [-0.2, 0) is 10.0 Å². The van der Waals surface area contributed by atoms with E-state index in [-0.39, 0.29) is 4.90 Å². The molecule has 0 heterocycles. The van der Waals surface area contributed by atoms with Gasteiger partial charge in [0.05, 0.1) is 4.90 Å². The zero-order chi connectivity index (χ0) is 15.5. The number of hydrogen-bond acceptors (Lipinski definition) is 2. The van der Waals surface area contributed by atoms with E-state index in [1.54, 1.807) is 24.3 Å². The van der Waals surface area contributed by atoms with Gasteiger partial charge in [-0.15, -0.1) is 0 Å². The summed E-state index contributed by atoms with van der Waals surface area (Å²) in [5, 5.41) is 0.506. The molecule has 1 N–H and O–H groups in total. The van der Waals surface area contributed by atoms with Gasteiger partial charge in [-0.05, 0) is 54.3 Å². The maximum Gasteiger partial charge on any atom is 0.261 e. The fourth-order valence-corrected chi connectivity index (χ4v) is 3.13. The van der Waals surface area contributed by atoms with Crippen LogP contribution in [0, 0.1) is 0 Å². The van der Waals surface area contributed by atoms with Crippen molar-refractivity contribution in [3.8, 4) is 0 Å². The lowest BCUT2D eigenvalue weighted by atomic mass is 9.99. The summed E-state index contributed by atoms with van der Waals surface area (Å²) in [5.74, 6) is 0.465. The number of anilines is 1. The van der Waals surface area contributed by atoms with Crippen molar-refractivity contribution < 1.29 is 8.42 Å². The van der Waals surface area contributed by atoms with Crippen molar-refractivity contribution in [1.29, 1.82) is 0 Å². The molecule has 0 bridgehead atoms. The summed E-state index contributed by atoms with van der Waals surface area (Å²) in [4.78, 5) is 0.193. The highest BCUT2D eigenvalue weighted by Crippen LogP contribution is 2.22. The molecule has 0 aliphatic carbocycles. The van der Waals surface area contributed by atoms with Crippen LogP contribution < -0.4 is 4.72 Å². The molecular formula is C16H18ClNO2S. The third kappa shape index (κ3) is 3.99. The van der Waals surface area contributed by atoms with Gasteiger partial charge >= 0.3 is 0 Å². The first-order chi connectivity index (χ1) is 9.92. The fourth-order valence-electron chi connectivity index (χ4n) is 1.94. The second kappa shape index (κ2) is 6.50. The molecule has 0 aliphatic heterocycles. The third-order valence-corrected chi connectivity index (χ3v) is 5.12. The fraction of sp³-hybridized carbons (Fsp3) is 0.250. The van der Waals surface area contributed by atoms with Crippen molar-refractivity contribution in [1.82, 2.24) is 0 Å². The molecule has 2 aromatic rings. The van der Waals surface area contributed by atoms with Gasteiger partial charge in [0.25, 0.3) is 10.0 Å². The van der Waals surface area contributed by atoms with Crippen molar-refractivity contribution in [3.63, 3.8) is 0 Å². The third-order valence-electron chi connectivity index (χ3n) is 3.47. The van der Waals surface area contributed by atoms with Gasteiger partial charge in [0.2, 0.25) is 0 Å². The van der Waals surface area contributed by atoms with Crippen molar-refractivity contribution in [2.75, 3.05) is 4.72 Å². The molecule has 21 heavy (non-hydrogen) atoms. The van der Waals surface area contributed by atoms with Crippen LogP contribution in [0.3, 0.4) is 0 Å². The van der Waals surface area contributed by atoms with Gasteiger partial charge in [0.15, 0.2) is 0 Å². The first-order valence-corrected chi connectivity index (χ1v) is 8.67. The van der Waals surface area contributed by atoms with Gasteiger partial charge in [-0.3, -0.25) is 4.72 Å². The molecule has 3 nitrogen and oxygen atoms in total. The van der Waals surface area contributed by atoms with Crippen LogP contribution in [0.1, 0.15) is 31.7 Å². The van der Waals surface area contributed by atoms with Gasteiger partial charge < -0.3 is 0 Å². The van der Waals surface area contributed by atoms with Gasteiger partial charge in [-0.2, -0.15) is 0 Å². The second-order valence-electron chi connectivity index (χ2n) is 4.99. The Bertz CT molecular complexity index is 694. The molecule has 0 amide bonds. The van der Waals surface area contributed by atoms with E-state index >= 15 is 0 Å². The van der Waals surface area contributed by atoms with Crippen molar-refractivity contribution >= 4 is 27.3 Å². The Morgan fingerprint density at radius 1 is 1.05 bits per heavy atom. The molecule has 112 valence electrons. The summed E-state index contributed by atoms with van der Waals surface area (Å²) >= 11 is 5.77. The van der Waals surface area contributed by atoms with Crippen LogP contribution in [0.25, 0.3) is 0 Å². The van der Waals surface area contributed by atoms with Gasteiger partial charge in [-0.1, -0.05) is 37.6 Å². The van der Waals surface area contributed by atoms with E-state index < -0.39 is 10.0 Å². The molecular weight excluding hydrogens is 306 g/mol. The molecule has 0 radical (unpaired) electrons. The molecule has 0 aromatic heterocycles. The second-order valence-corrected chi connectivity index (χ2v) is 7.11. The predicted octanol–water partition coefficient (Wildman–Crippen LogP) is 4.65. The molecule has 0 saturated carbocycles. The molecule has 0 unspecified atom stereocenters. The lowest BCUT2D eigenvalue weighted by molar-refractivity contribution is 0.601. The summed E-state index contributed by atoms with van der Waals surface area (Å²) in [7, 11) is -3.58. The summed E-state index contributed by atoms with van der Waals surface area (Å²) in [6.45, 7) is 4.27. The van der Waals surface area contributed by atoms with Crippen LogP contribution in [-0.4, -0.2) is 8.42 Å². The molecule has 2 rings (SSSR count). The number of sulfonamides is 1. The average molecular weight is 324 g/mol. The lowest BCUT2D eigenvalue weighted by Gasteiger charge is -2.11. The van der Waals surface area contributed by atoms with Gasteiger partial charge in [0, 0.05) is 10.7 Å². The quantitative estimate of drug-likeness (QED) is 0.870. The first kappa shape index (κ1) is 15.9. The van der Waals surface area contributed by atoms with Crippen LogP contribution in [0.15, 0.2) is 53.4 Å². The van der Waals surface area contributed by atoms with Crippen molar-refractivity contribution in [2.24, 2.45) is 0 Å². The van der Waals surface area contributed by atoms with Crippen LogP contribution >= 0.6 is 11.6 Å². The SMILES string of the molecule is CC[C@@H](C)c1ccc(NS(=O)(=O)c2ccc(Cl)cc2)cc1. The van der Waals surface area contributed by atoms with Crippen LogP contribution in [0.5, 0.6) is 0 Å². The Kier molecular flexibility index (Phi) is 4.91. The lowest BCUT2D eigenvalue weighted by Crippen LogP contribution is -2.12. The first-order valence-electron chi connectivity index (χ1n) is 6.80. The van der Waals surface area contributed by atoms with E-state index in [0.717, 1.165) is 6.42 Å². The minimum Gasteiger partial charge on any atom is -0.280 e. The molecule has 5 heteroatoms. The number of nitrogens with one attached hydrogen (secondary N) is 1. The molecule has 0 spiro atoms. The Balaban J connectivity index is 2.19. The summed E-state index contributed by atoms with van der Waals surface area (Å²) in [5.41, 5.74) is 1.75. The number of halogens is 1. The number of hydrogen-bond donors (Lipinski definition) is 1. The molecule has 1 atom stereocenters. The highest BCUT2D eigenvalue weighted by Gasteiger charge is 2.14. The largest absolute Gasteiger partial charge is 0.280 e. The summed E-state index contributed by atoms with van der Waals surface area (Å²) in [6.07, 6.45) is 1.05. The maximum absolute atomic E-state index is 12.2. The summed E-state index contributed by atoms with van der Waals surface area (Å²) < 4.78 is 27.0. The highest BCUT2D eigenvalue weighted by atomic mass is 35.5. The topological polar surface area (TPSA) is 46.2 Å². The minimum atomic E-state index is -3.58. The van der Waals surface area contributed by atoms with E-state index in [1.165, 1.54) is 17.7 Å². The number of rotatable bonds is 5. The van der Waals surface area contributed by atoms with E-state index in [9.17, 15) is 8.42 Å². The summed E-state index contributed by atoms with van der Waals surface area (Å²) in [6, 6.07) is 13.6. The Morgan fingerprint density at radius 3 is 2.14 bits per heavy atom. The normalized spacial score (nSPS) is 12.9. The van der Waals surface area contributed by atoms with E-state index in [1.807, 2.05) is 12.1 Å². The Morgan fingerprint density at radius 2 is 1.62 bits per heavy atom.